The van der Waals surface area contributed by atoms with Gasteiger partial charge in [0.25, 0.3) is 0 Å². The average molecular weight is 494 g/mol. The van der Waals surface area contributed by atoms with Crippen LogP contribution < -0.4 is 19.8 Å². The van der Waals surface area contributed by atoms with E-state index in [1.54, 1.807) is 20.3 Å². The fraction of sp³-hybridized carbons (Fsp3) is 0.448. The molecule has 0 bridgehead atoms. The molecule has 2 aromatic carbocycles. The topological polar surface area (TPSA) is 78.2 Å². The van der Waals surface area contributed by atoms with E-state index in [-0.39, 0.29) is 24.5 Å². The highest BCUT2D eigenvalue weighted by atomic mass is 16.5. The van der Waals surface area contributed by atoms with E-state index in [0.29, 0.717) is 34.8 Å². The van der Waals surface area contributed by atoms with Gasteiger partial charge in [-0.1, -0.05) is 38.8 Å². The molecule has 7 heteroatoms. The molecule has 1 unspecified atom stereocenters. The van der Waals surface area contributed by atoms with Crippen LogP contribution in [0.15, 0.2) is 51.7 Å². The number of carbonyl (C=O) groups is 1. The number of rotatable bonds is 10. The molecule has 0 spiro atoms. The third kappa shape index (κ3) is 5.20. The lowest BCUT2D eigenvalue weighted by atomic mass is 9.89. The van der Waals surface area contributed by atoms with Gasteiger partial charge in [-0.3, -0.25) is 4.79 Å². The number of methoxy groups -OCH3 is 2. The van der Waals surface area contributed by atoms with Gasteiger partial charge in [-0.05, 0) is 54.7 Å². The highest BCUT2D eigenvalue weighted by Gasteiger charge is 2.35. The molecule has 2 heterocycles. The molecule has 1 aromatic heterocycles. The van der Waals surface area contributed by atoms with Crippen molar-refractivity contribution in [3.63, 3.8) is 0 Å². The smallest absolute Gasteiger partial charge is 0.339 e. The van der Waals surface area contributed by atoms with Gasteiger partial charge in [0.2, 0.25) is 5.91 Å². The Balaban J connectivity index is 1.73. The second-order valence-electron chi connectivity index (χ2n) is 9.21. The minimum Gasteiger partial charge on any atom is -0.493 e. The van der Waals surface area contributed by atoms with E-state index in [9.17, 15) is 9.59 Å². The maximum absolute atomic E-state index is 13.8. The average Bonchev–Trinajstić information content (AvgIpc) is 2.89. The fourth-order valence-electron chi connectivity index (χ4n) is 5.16. The van der Waals surface area contributed by atoms with Crippen LogP contribution in [0.3, 0.4) is 0 Å². The molecule has 4 rings (SSSR count). The maximum atomic E-state index is 13.8. The van der Waals surface area contributed by atoms with Crippen LogP contribution in [0.4, 0.5) is 0 Å². The van der Waals surface area contributed by atoms with Gasteiger partial charge in [0.15, 0.2) is 11.5 Å². The van der Waals surface area contributed by atoms with Crippen LogP contribution in [0.1, 0.15) is 56.7 Å². The Morgan fingerprint density at radius 3 is 2.42 bits per heavy atom. The molecule has 36 heavy (non-hydrogen) atoms. The molecule has 0 saturated heterocycles. The summed E-state index contributed by atoms with van der Waals surface area (Å²) < 4.78 is 22.7. The lowest BCUT2D eigenvalue weighted by Gasteiger charge is -2.39. The normalized spacial score (nSPS) is 15.1. The highest BCUT2D eigenvalue weighted by molar-refractivity contribution is 5.83. The van der Waals surface area contributed by atoms with Crippen molar-refractivity contribution in [1.29, 1.82) is 0 Å². The number of hydrogen-bond donors (Lipinski definition) is 0. The molecule has 0 saturated carbocycles. The summed E-state index contributed by atoms with van der Waals surface area (Å²) in [5, 5.41) is 0.716. The number of para-hydroxylation sites is 1. The summed E-state index contributed by atoms with van der Waals surface area (Å²) in [7, 11) is 3.23. The van der Waals surface area contributed by atoms with Crippen LogP contribution in [0.2, 0.25) is 0 Å². The van der Waals surface area contributed by atoms with Crippen molar-refractivity contribution in [3.05, 3.63) is 64.0 Å². The van der Waals surface area contributed by atoms with E-state index < -0.39 is 5.63 Å². The van der Waals surface area contributed by atoms with Crippen molar-refractivity contribution in [2.24, 2.45) is 5.92 Å². The van der Waals surface area contributed by atoms with Gasteiger partial charge in [-0.15, -0.1) is 0 Å². The Kier molecular flexibility index (Phi) is 8.18. The van der Waals surface area contributed by atoms with Crippen LogP contribution in [0, 0.1) is 5.92 Å². The molecule has 1 aliphatic heterocycles. The van der Waals surface area contributed by atoms with Crippen molar-refractivity contribution in [3.8, 4) is 17.2 Å². The van der Waals surface area contributed by atoms with Gasteiger partial charge < -0.3 is 23.5 Å². The predicted molar refractivity (Wildman–Crippen MR) is 139 cm³/mol. The highest BCUT2D eigenvalue weighted by Crippen LogP contribution is 2.39. The third-order valence-corrected chi connectivity index (χ3v) is 6.92. The van der Waals surface area contributed by atoms with Gasteiger partial charge in [-0.25, -0.2) is 4.79 Å². The Morgan fingerprint density at radius 2 is 1.72 bits per heavy atom. The van der Waals surface area contributed by atoms with E-state index in [2.05, 4.69) is 13.8 Å². The lowest BCUT2D eigenvalue weighted by Crippen LogP contribution is -2.45. The van der Waals surface area contributed by atoms with E-state index in [0.717, 1.165) is 43.2 Å². The Morgan fingerprint density at radius 1 is 1.03 bits per heavy atom. The lowest BCUT2D eigenvalue weighted by molar-refractivity contribution is -0.139. The quantitative estimate of drug-likeness (QED) is 0.346. The van der Waals surface area contributed by atoms with Crippen LogP contribution in [0.25, 0.3) is 11.0 Å². The molecular formula is C29H35NO6. The van der Waals surface area contributed by atoms with Crippen molar-refractivity contribution in [1.82, 2.24) is 4.90 Å². The second-order valence-corrected chi connectivity index (χ2v) is 9.21. The number of ether oxygens (including phenoxy) is 3. The van der Waals surface area contributed by atoms with Gasteiger partial charge in [0.1, 0.15) is 17.9 Å². The molecule has 1 aliphatic rings. The zero-order valence-corrected chi connectivity index (χ0v) is 21.5. The summed E-state index contributed by atoms with van der Waals surface area (Å²) in [6, 6.07) is 12.3. The number of hydrogen-bond acceptors (Lipinski definition) is 6. The van der Waals surface area contributed by atoms with E-state index >= 15 is 0 Å². The van der Waals surface area contributed by atoms with Crippen LogP contribution in [-0.4, -0.2) is 38.2 Å². The zero-order valence-electron chi connectivity index (χ0n) is 21.5. The first-order chi connectivity index (χ1) is 17.5. The SMILES string of the molecule is CCCC(CCC)C(=O)N1CCc2cc(OC)c(OC)cc2C1COc1cc(=O)oc2ccccc12. The van der Waals surface area contributed by atoms with Gasteiger partial charge in [0, 0.05) is 12.5 Å². The molecule has 0 radical (unpaired) electrons. The van der Waals surface area contributed by atoms with Crippen LogP contribution >= 0.6 is 0 Å². The number of amides is 1. The minimum atomic E-state index is -0.474. The molecule has 7 nitrogen and oxygen atoms in total. The summed E-state index contributed by atoms with van der Waals surface area (Å²) in [5.41, 5.74) is 2.07. The number of nitrogens with zero attached hydrogens (tertiary/aromatic N) is 1. The summed E-state index contributed by atoms with van der Waals surface area (Å²) in [6.07, 6.45) is 4.36. The monoisotopic (exact) mass is 493 g/mol. The summed E-state index contributed by atoms with van der Waals surface area (Å²) in [4.78, 5) is 27.9. The standard InChI is InChI=1S/C29H35NO6/c1-5-9-19(10-6-2)29(32)30-14-13-20-15-26(33-3)27(34-4)16-22(20)23(30)18-35-25-17-28(31)36-24-12-8-7-11-21(24)25/h7-8,11-12,15-17,19,23H,5-6,9-10,13-14,18H2,1-4H3. The van der Waals surface area contributed by atoms with Crippen molar-refractivity contribution in [2.75, 3.05) is 27.4 Å². The largest absolute Gasteiger partial charge is 0.493 e. The maximum Gasteiger partial charge on any atom is 0.339 e. The van der Waals surface area contributed by atoms with E-state index in [1.807, 2.05) is 35.2 Å². The molecule has 3 aromatic rings. The predicted octanol–water partition coefficient (Wildman–Crippen LogP) is 5.53. The van der Waals surface area contributed by atoms with Gasteiger partial charge >= 0.3 is 5.63 Å². The first kappa shape index (κ1) is 25.6. The molecule has 1 atom stereocenters. The van der Waals surface area contributed by atoms with Crippen molar-refractivity contribution in [2.45, 2.75) is 52.0 Å². The molecular weight excluding hydrogens is 458 g/mol. The first-order valence-corrected chi connectivity index (χ1v) is 12.7. The Hall–Kier alpha value is -3.48. The second kappa shape index (κ2) is 11.5. The zero-order chi connectivity index (χ0) is 25.7. The minimum absolute atomic E-state index is 0.0196. The number of fused-ring (bicyclic) bond motifs is 2. The van der Waals surface area contributed by atoms with Crippen LogP contribution in [0.5, 0.6) is 17.2 Å². The fourth-order valence-corrected chi connectivity index (χ4v) is 5.16. The number of carbonyl (C=O) groups excluding carboxylic acids is 1. The molecule has 1 amide bonds. The van der Waals surface area contributed by atoms with Crippen molar-refractivity contribution >= 4 is 16.9 Å². The summed E-state index contributed by atoms with van der Waals surface area (Å²) in [6.45, 7) is 5.03. The third-order valence-electron chi connectivity index (χ3n) is 6.92. The summed E-state index contributed by atoms with van der Waals surface area (Å²) >= 11 is 0. The Labute approximate surface area is 212 Å². The summed E-state index contributed by atoms with van der Waals surface area (Å²) in [5.74, 6) is 1.86. The van der Waals surface area contributed by atoms with E-state index in [1.165, 1.54) is 6.07 Å². The number of benzene rings is 2. The molecule has 192 valence electrons. The Bertz CT molecular complexity index is 1260. The van der Waals surface area contributed by atoms with E-state index in [4.69, 9.17) is 18.6 Å². The molecule has 0 N–H and O–H groups in total. The van der Waals surface area contributed by atoms with Crippen molar-refractivity contribution < 1.29 is 23.4 Å². The van der Waals surface area contributed by atoms with Gasteiger partial charge in [0.05, 0.1) is 31.7 Å². The first-order valence-electron chi connectivity index (χ1n) is 12.7. The molecule has 0 fully saturated rings. The van der Waals surface area contributed by atoms with Gasteiger partial charge in [-0.2, -0.15) is 0 Å². The molecule has 0 aliphatic carbocycles. The van der Waals surface area contributed by atoms with Crippen LogP contribution in [-0.2, 0) is 11.2 Å².